The molecule has 16 heavy (non-hydrogen) atoms. The molecule has 1 fully saturated rings. The summed E-state index contributed by atoms with van der Waals surface area (Å²) in [7, 11) is -1.67. The van der Waals surface area contributed by atoms with Gasteiger partial charge in [-0.3, -0.25) is 0 Å². The number of nitrogens with zero attached hydrogens (tertiary/aromatic N) is 1. The summed E-state index contributed by atoms with van der Waals surface area (Å²) in [5.74, 6) is 0. The lowest BCUT2D eigenvalue weighted by molar-refractivity contribution is 0.300. The summed E-state index contributed by atoms with van der Waals surface area (Å²) in [6.45, 7) is 0.0540. The van der Waals surface area contributed by atoms with Gasteiger partial charge in [-0.1, -0.05) is 0 Å². The van der Waals surface area contributed by atoms with Gasteiger partial charge >= 0.3 is 0 Å². The molecule has 0 spiro atoms. The van der Waals surface area contributed by atoms with Crippen LogP contribution in [0.2, 0.25) is 0 Å². The first kappa shape index (κ1) is 12.0. The molecule has 90 valence electrons. The summed E-state index contributed by atoms with van der Waals surface area (Å²) in [6, 6.07) is 3.59. The van der Waals surface area contributed by atoms with E-state index < -0.39 is 10.0 Å². The quantitative estimate of drug-likeness (QED) is 0.862. The third-order valence-corrected chi connectivity index (χ3v) is 6.21. The highest BCUT2D eigenvalue weighted by atomic mass is 32.2. The van der Waals surface area contributed by atoms with Crippen molar-refractivity contribution in [3.63, 3.8) is 0 Å². The predicted octanol–water partition coefficient (Wildman–Crippen LogP) is 1.07. The van der Waals surface area contributed by atoms with Gasteiger partial charge in [-0.2, -0.15) is 4.31 Å². The van der Waals surface area contributed by atoms with Gasteiger partial charge in [-0.15, -0.1) is 11.3 Å². The first-order chi connectivity index (χ1) is 7.55. The van der Waals surface area contributed by atoms with Crippen LogP contribution in [-0.4, -0.2) is 37.5 Å². The Hall–Kier alpha value is -0.430. The van der Waals surface area contributed by atoms with Crippen LogP contribution in [-0.2, 0) is 16.4 Å². The van der Waals surface area contributed by atoms with Crippen LogP contribution in [0.25, 0.3) is 0 Å². The second-order valence-electron chi connectivity index (χ2n) is 3.95. The highest BCUT2D eigenvalue weighted by molar-refractivity contribution is 7.91. The lowest BCUT2D eigenvalue weighted by atomic mass is 10.4. The highest BCUT2D eigenvalue weighted by Crippen LogP contribution is 2.32. The SMILES string of the molecule is CN(C1CC1)S(=O)(=O)c1ccc(CCO)s1. The fourth-order valence-corrected chi connectivity index (χ4v) is 4.46. The van der Waals surface area contributed by atoms with E-state index >= 15 is 0 Å². The van der Waals surface area contributed by atoms with Crippen LogP contribution in [0, 0.1) is 0 Å². The molecule has 1 N–H and O–H groups in total. The van der Waals surface area contributed by atoms with Gasteiger partial charge in [0.25, 0.3) is 10.0 Å². The number of rotatable bonds is 5. The van der Waals surface area contributed by atoms with E-state index in [2.05, 4.69) is 0 Å². The van der Waals surface area contributed by atoms with Gasteiger partial charge in [0.2, 0.25) is 0 Å². The van der Waals surface area contributed by atoms with Crippen molar-refractivity contribution in [3.05, 3.63) is 17.0 Å². The molecule has 1 aromatic rings. The number of hydrogen-bond acceptors (Lipinski definition) is 4. The number of aliphatic hydroxyl groups is 1. The molecule has 6 heteroatoms. The summed E-state index contributed by atoms with van der Waals surface area (Å²) >= 11 is 1.25. The van der Waals surface area contributed by atoms with Gasteiger partial charge in [-0.05, 0) is 25.0 Å². The van der Waals surface area contributed by atoms with Crippen LogP contribution < -0.4 is 0 Å². The predicted molar refractivity (Wildman–Crippen MR) is 63.1 cm³/mol. The second-order valence-corrected chi connectivity index (χ2v) is 7.34. The zero-order valence-corrected chi connectivity index (χ0v) is 10.7. The zero-order chi connectivity index (χ0) is 11.8. The Morgan fingerprint density at radius 1 is 1.50 bits per heavy atom. The molecule has 0 aromatic carbocycles. The second kappa shape index (κ2) is 4.44. The molecule has 0 bridgehead atoms. The maximum absolute atomic E-state index is 12.1. The zero-order valence-electron chi connectivity index (χ0n) is 9.09. The maximum atomic E-state index is 12.1. The van der Waals surface area contributed by atoms with E-state index in [0.717, 1.165) is 17.7 Å². The molecule has 0 amide bonds. The Bertz CT molecular complexity index is 462. The summed E-state index contributed by atoms with van der Waals surface area (Å²) in [4.78, 5) is 0.908. The maximum Gasteiger partial charge on any atom is 0.252 e. The van der Waals surface area contributed by atoms with Crippen LogP contribution in [0.3, 0.4) is 0 Å². The Morgan fingerprint density at radius 3 is 2.75 bits per heavy atom. The van der Waals surface area contributed by atoms with Gasteiger partial charge in [-0.25, -0.2) is 8.42 Å². The first-order valence-electron chi connectivity index (χ1n) is 5.23. The van der Waals surface area contributed by atoms with Crippen molar-refractivity contribution < 1.29 is 13.5 Å². The number of hydrogen-bond donors (Lipinski definition) is 1. The van der Waals surface area contributed by atoms with Crippen molar-refractivity contribution >= 4 is 21.4 Å². The number of aliphatic hydroxyl groups excluding tert-OH is 1. The van der Waals surface area contributed by atoms with Crippen LogP contribution in [0.4, 0.5) is 0 Å². The van der Waals surface area contributed by atoms with Crippen molar-refractivity contribution in [3.8, 4) is 0 Å². The molecule has 0 unspecified atom stereocenters. The van der Waals surface area contributed by atoms with E-state index in [1.807, 2.05) is 0 Å². The summed E-state index contributed by atoms with van der Waals surface area (Å²) in [6.07, 6.45) is 2.45. The minimum Gasteiger partial charge on any atom is -0.396 e. The molecule has 1 aromatic heterocycles. The molecule has 0 saturated heterocycles. The molecule has 1 aliphatic rings. The molecular formula is C10H15NO3S2. The summed E-state index contributed by atoms with van der Waals surface area (Å²) < 4.78 is 26.0. The minimum absolute atomic E-state index is 0.0540. The normalized spacial score (nSPS) is 16.9. The van der Waals surface area contributed by atoms with Crippen molar-refractivity contribution in [1.29, 1.82) is 0 Å². The summed E-state index contributed by atoms with van der Waals surface area (Å²) in [5.41, 5.74) is 0. The topological polar surface area (TPSA) is 57.6 Å². The fourth-order valence-electron chi connectivity index (χ4n) is 1.52. The average Bonchev–Trinajstić information content (AvgIpc) is 2.98. The van der Waals surface area contributed by atoms with Gasteiger partial charge in [0.05, 0.1) is 0 Å². The van der Waals surface area contributed by atoms with E-state index in [4.69, 9.17) is 5.11 Å². The molecule has 0 radical (unpaired) electrons. The molecular weight excluding hydrogens is 246 g/mol. The lowest BCUT2D eigenvalue weighted by Gasteiger charge is -2.14. The van der Waals surface area contributed by atoms with E-state index in [1.54, 1.807) is 19.2 Å². The van der Waals surface area contributed by atoms with E-state index in [1.165, 1.54) is 15.6 Å². The number of thiophene rings is 1. The standard InChI is InChI=1S/C10H15NO3S2/c1-11(8-2-3-8)16(13,14)10-5-4-9(15-10)6-7-12/h4-5,8,12H,2-3,6-7H2,1H3. The first-order valence-corrected chi connectivity index (χ1v) is 7.49. The van der Waals surface area contributed by atoms with Crippen LogP contribution in [0.5, 0.6) is 0 Å². The average molecular weight is 261 g/mol. The van der Waals surface area contributed by atoms with Crippen molar-refractivity contribution in [1.82, 2.24) is 4.31 Å². The van der Waals surface area contributed by atoms with Crippen molar-refractivity contribution in [2.75, 3.05) is 13.7 Å². The Morgan fingerprint density at radius 2 is 2.19 bits per heavy atom. The third-order valence-electron chi connectivity index (χ3n) is 2.69. The lowest BCUT2D eigenvalue weighted by Crippen LogP contribution is -2.28. The van der Waals surface area contributed by atoms with Crippen molar-refractivity contribution in [2.24, 2.45) is 0 Å². The molecule has 1 aliphatic carbocycles. The van der Waals surface area contributed by atoms with Gasteiger partial charge < -0.3 is 5.11 Å². The van der Waals surface area contributed by atoms with E-state index in [0.29, 0.717) is 10.6 Å². The van der Waals surface area contributed by atoms with Crippen LogP contribution in [0.1, 0.15) is 17.7 Å². The Balaban J connectivity index is 2.21. The third kappa shape index (κ3) is 2.29. The van der Waals surface area contributed by atoms with Gasteiger partial charge in [0.1, 0.15) is 4.21 Å². The largest absolute Gasteiger partial charge is 0.396 e. The molecule has 4 nitrogen and oxygen atoms in total. The molecule has 1 heterocycles. The molecule has 2 rings (SSSR count). The Kier molecular flexibility index (Phi) is 3.34. The minimum atomic E-state index is -3.30. The Labute approximate surface area is 99.6 Å². The monoisotopic (exact) mass is 261 g/mol. The smallest absolute Gasteiger partial charge is 0.252 e. The fraction of sp³-hybridized carbons (Fsp3) is 0.600. The summed E-state index contributed by atoms with van der Waals surface area (Å²) in [5, 5.41) is 8.79. The van der Waals surface area contributed by atoms with Crippen molar-refractivity contribution in [2.45, 2.75) is 29.5 Å². The van der Waals surface area contributed by atoms with E-state index in [-0.39, 0.29) is 12.6 Å². The van der Waals surface area contributed by atoms with Crippen LogP contribution in [0.15, 0.2) is 16.3 Å². The molecule has 0 aliphatic heterocycles. The highest BCUT2D eigenvalue weighted by Gasteiger charge is 2.35. The van der Waals surface area contributed by atoms with Gasteiger partial charge in [0.15, 0.2) is 0 Å². The number of sulfonamides is 1. The van der Waals surface area contributed by atoms with E-state index in [9.17, 15) is 8.42 Å². The molecule has 0 atom stereocenters. The van der Waals surface area contributed by atoms with Gasteiger partial charge in [0, 0.05) is 31.0 Å². The van der Waals surface area contributed by atoms with Crippen LogP contribution >= 0.6 is 11.3 Å². The molecule has 1 saturated carbocycles.